The third-order valence-electron chi connectivity index (χ3n) is 5.65. The van der Waals surface area contributed by atoms with Crippen molar-refractivity contribution in [2.45, 2.75) is 39.2 Å². The summed E-state index contributed by atoms with van der Waals surface area (Å²) >= 11 is 5.85. The van der Waals surface area contributed by atoms with Crippen LogP contribution in [0.1, 0.15) is 45.0 Å². The molecule has 0 saturated carbocycles. The normalized spacial score (nSPS) is 12.0. The van der Waals surface area contributed by atoms with E-state index in [0.29, 0.717) is 67.3 Å². The first-order valence-electron chi connectivity index (χ1n) is 11.6. The Labute approximate surface area is 205 Å². The number of alkyl halides is 1. The molecule has 3 rings (SSSR count). The van der Waals surface area contributed by atoms with Gasteiger partial charge in [-0.2, -0.15) is 0 Å². The number of aromatic nitrogens is 2. The smallest absolute Gasteiger partial charge is 0.266 e. The summed E-state index contributed by atoms with van der Waals surface area (Å²) in [5.41, 5.74) is 1.09. The second kappa shape index (κ2) is 12.5. The molecule has 0 spiro atoms. The van der Waals surface area contributed by atoms with Gasteiger partial charge in [0, 0.05) is 26.0 Å². The van der Waals surface area contributed by atoms with E-state index in [4.69, 9.17) is 26.1 Å². The number of methoxy groups -OCH3 is 1. The minimum absolute atomic E-state index is 0.0369. The highest BCUT2D eigenvalue weighted by atomic mass is 35.5. The summed E-state index contributed by atoms with van der Waals surface area (Å²) in [6.45, 7) is 5.24. The van der Waals surface area contributed by atoms with Gasteiger partial charge in [-0.15, -0.1) is 11.6 Å². The molecule has 1 aromatic heterocycles. The maximum atomic E-state index is 13.7. The fourth-order valence-corrected chi connectivity index (χ4v) is 4.16. The molecule has 34 heavy (non-hydrogen) atoms. The van der Waals surface area contributed by atoms with E-state index in [-0.39, 0.29) is 11.5 Å². The molecule has 0 aliphatic carbocycles. The van der Waals surface area contributed by atoms with Gasteiger partial charge in [-0.3, -0.25) is 14.2 Å². The van der Waals surface area contributed by atoms with Crippen LogP contribution in [0.25, 0.3) is 16.6 Å². The summed E-state index contributed by atoms with van der Waals surface area (Å²) in [5, 5.41) is 0.520. The Kier molecular flexibility index (Phi) is 9.48. The predicted molar refractivity (Wildman–Crippen MR) is 135 cm³/mol. The number of benzene rings is 2. The zero-order valence-corrected chi connectivity index (χ0v) is 20.8. The summed E-state index contributed by atoms with van der Waals surface area (Å²) in [7, 11) is 1.60. The van der Waals surface area contributed by atoms with Gasteiger partial charge < -0.3 is 14.4 Å². The number of carbonyl (C=O) groups is 1. The molecule has 1 atom stereocenters. The van der Waals surface area contributed by atoms with E-state index in [9.17, 15) is 9.59 Å². The molecule has 1 unspecified atom stereocenters. The number of para-hydroxylation sites is 1. The van der Waals surface area contributed by atoms with E-state index >= 15 is 0 Å². The molecule has 1 heterocycles. The highest BCUT2D eigenvalue weighted by molar-refractivity contribution is 6.17. The van der Waals surface area contributed by atoms with E-state index in [0.717, 1.165) is 5.75 Å². The van der Waals surface area contributed by atoms with E-state index in [1.54, 1.807) is 22.6 Å². The van der Waals surface area contributed by atoms with Crippen molar-refractivity contribution in [3.63, 3.8) is 0 Å². The Morgan fingerprint density at radius 2 is 1.88 bits per heavy atom. The lowest BCUT2D eigenvalue weighted by atomic mass is 10.1. The number of carbonyl (C=O) groups excluding carboxylic acids is 1. The molecule has 7 nitrogen and oxygen atoms in total. The number of amides is 1. The van der Waals surface area contributed by atoms with Crippen molar-refractivity contribution in [3.05, 3.63) is 64.7 Å². The summed E-state index contributed by atoms with van der Waals surface area (Å²) in [6, 6.07) is 14.2. The Hall–Kier alpha value is -2.90. The Morgan fingerprint density at radius 3 is 2.53 bits per heavy atom. The first-order chi connectivity index (χ1) is 16.5. The second-order valence-corrected chi connectivity index (χ2v) is 8.23. The first-order valence-corrected chi connectivity index (χ1v) is 12.2. The summed E-state index contributed by atoms with van der Waals surface area (Å²) < 4.78 is 12.5. The number of nitrogens with zero attached hydrogens (tertiary/aromatic N) is 3. The number of hydrogen-bond acceptors (Lipinski definition) is 5. The molecule has 0 radical (unpaired) electrons. The quantitative estimate of drug-likeness (QED) is 0.347. The molecule has 182 valence electrons. The summed E-state index contributed by atoms with van der Waals surface area (Å²) in [6.07, 6.45) is 1.49. The molecule has 0 aliphatic rings. The van der Waals surface area contributed by atoms with Crippen LogP contribution in [-0.2, 0) is 9.53 Å². The molecule has 0 N–H and O–H groups in total. The van der Waals surface area contributed by atoms with Crippen LogP contribution in [-0.4, -0.2) is 53.1 Å². The molecule has 0 aliphatic heterocycles. The molecule has 8 heteroatoms. The van der Waals surface area contributed by atoms with E-state index in [2.05, 4.69) is 0 Å². The van der Waals surface area contributed by atoms with Crippen molar-refractivity contribution in [3.8, 4) is 11.4 Å². The summed E-state index contributed by atoms with van der Waals surface area (Å²) in [4.78, 5) is 33.5. The van der Waals surface area contributed by atoms with Gasteiger partial charge in [-0.05, 0) is 56.2 Å². The van der Waals surface area contributed by atoms with E-state index < -0.39 is 6.04 Å². The second-order valence-electron chi connectivity index (χ2n) is 7.85. The van der Waals surface area contributed by atoms with Crippen LogP contribution in [0.15, 0.2) is 53.3 Å². The lowest BCUT2D eigenvalue weighted by molar-refractivity contribution is -0.134. The van der Waals surface area contributed by atoms with Crippen LogP contribution in [0.5, 0.6) is 5.75 Å². The molecule has 2 aromatic carbocycles. The maximum absolute atomic E-state index is 13.7. The third-order valence-corrected chi connectivity index (χ3v) is 5.92. The first kappa shape index (κ1) is 25.7. The van der Waals surface area contributed by atoms with E-state index in [1.807, 2.05) is 56.3 Å². The van der Waals surface area contributed by atoms with Crippen LogP contribution in [0, 0.1) is 0 Å². The number of halogens is 1. The Morgan fingerprint density at radius 1 is 1.15 bits per heavy atom. The molecular weight excluding hydrogens is 454 g/mol. The van der Waals surface area contributed by atoms with Crippen molar-refractivity contribution in [2.24, 2.45) is 0 Å². The average molecular weight is 486 g/mol. The van der Waals surface area contributed by atoms with Crippen molar-refractivity contribution in [1.29, 1.82) is 0 Å². The fraction of sp³-hybridized carbons (Fsp3) is 0.423. The van der Waals surface area contributed by atoms with Gasteiger partial charge in [-0.25, -0.2) is 4.98 Å². The molecular formula is C26H32ClN3O4. The van der Waals surface area contributed by atoms with Gasteiger partial charge in [0.05, 0.1) is 35.8 Å². The maximum Gasteiger partial charge on any atom is 0.266 e. The van der Waals surface area contributed by atoms with Crippen molar-refractivity contribution < 1.29 is 14.3 Å². The molecule has 0 bridgehead atoms. The predicted octanol–water partition coefficient (Wildman–Crippen LogP) is 4.73. The third kappa shape index (κ3) is 5.77. The number of hydrogen-bond donors (Lipinski definition) is 0. The van der Waals surface area contributed by atoms with Crippen molar-refractivity contribution >= 4 is 28.4 Å². The van der Waals surface area contributed by atoms with Gasteiger partial charge in [0.25, 0.3) is 5.56 Å². The molecule has 3 aromatic rings. The highest BCUT2D eigenvalue weighted by Crippen LogP contribution is 2.27. The summed E-state index contributed by atoms with van der Waals surface area (Å²) in [5.74, 6) is 1.61. The van der Waals surface area contributed by atoms with Gasteiger partial charge in [0.15, 0.2) is 0 Å². The van der Waals surface area contributed by atoms with Gasteiger partial charge in [-0.1, -0.05) is 19.1 Å². The minimum atomic E-state index is -0.415. The SMILES string of the molecule is CCOc1ccc(-n2c(C(CC)N(CCOC)C(=O)CCCCl)nc3ccccc3c2=O)cc1. The minimum Gasteiger partial charge on any atom is -0.494 e. The lowest BCUT2D eigenvalue weighted by Gasteiger charge is -2.32. The molecule has 0 saturated heterocycles. The van der Waals surface area contributed by atoms with Crippen LogP contribution in [0.4, 0.5) is 0 Å². The Bertz CT molecular complexity index is 1150. The molecule has 1 amide bonds. The highest BCUT2D eigenvalue weighted by Gasteiger charge is 2.28. The monoisotopic (exact) mass is 485 g/mol. The number of ether oxygens (including phenoxy) is 2. The standard InChI is InChI=1S/C26H32ClN3O4/c1-4-23(29(17-18-33-3)24(31)11-8-16-27)25-28-22-10-7-6-9-21(22)26(32)30(25)19-12-14-20(15-13-19)34-5-2/h6-7,9-10,12-15,23H,4-5,8,11,16-18H2,1-3H3. The van der Waals surface area contributed by atoms with Crippen LogP contribution >= 0.6 is 11.6 Å². The zero-order chi connectivity index (χ0) is 24.5. The largest absolute Gasteiger partial charge is 0.494 e. The zero-order valence-electron chi connectivity index (χ0n) is 20.0. The fourth-order valence-electron chi connectivity index (χ4n) is 4.03. The van der Waals surface area contributed by atoms with E-state index in [1.165, 1.54) is 0 Å². The van der Waals surface area contributed by atoms with Crippen molar-refractivity contribution in [2.75, 3.05) is 32.7 Å². The Balaban J connectivity index is 2.20. The van der Waals surface area contributed by atoms with Crippen LogP contribution < -0.4 is 10.3 Å². The van der Waals surface area contributed by atoms with Crippen LogP contribution in [0.2, 0.25) is 0 Å². The van der Waals surface area contributed by atoms with Crippen LogP contribution in [0.3, 0.4) is 0 Å². The van der Waals surface area contributed by atoms with Gasteiger partial charge in [0.2, 0.25) is 5.91 Å². The molecule has 0 fully saturated rings. The number of rotatable bonds is 12. The number of fused-ring (bicyclic) bond motifs is 1. The van der Waals surface area contributed by atoms with Gasteiger partial charge in [0.1, 0.15) is 11.6 Å². The average Bonchev–Trinajstić information content (AvgIpc) is 2.86. The topological polar surface area (TPSA) is 73.7 Å². The van der Waals surface area contributed by atoms with Gasteiger partial charge >= 0.3 is 0 Å². The lowest BCUT2D eigenvalue weighted by Crippen LogP contribution is -2.40. The van der Waals surface area contributed by atoms with Crippen molar-refractivity contribution in [1.82, 2.24) is 14.5 Å².